The second kappa shape index (κ2) is 15.8. The summed E-state index contributed by atoms with van der Waals surface area (Å²) in [6, 6.07) is 31.0. The molecule has 0 radical (unpaired) electrons. The molecule has 4 aliphatic rings. The third-order valence-electron chi connectivity index (χ3n) is 11.3. The van der Waals surface area contributed by atoms with Crippen molar-refractivity contribution in [3.05, 3.63) is 119 Å². The highest BCUT2D eigenvalue weighted by Gasteiger charge is 2.38. The largest absolute Gasteiger partial charge is 0.480 e. The number of ether oxygens (including phenoxy) is 2. The second-order valence-electron chi connectivity index (χ2n) is 15.0. The summed E-state index contributed by atoms with van der Waals surface area (Å²) in [5.41, 5.74) is 9.27. The first-order valence-corrected chi connectivity index (χ1v) is 18.8. The van der Waals surface area contributed by atoms with Gasteiger partial charge in [0.1, 0.15) is 25.3 Å². The summed E-state index contributed by atoms with van der Waals surface area (Å²) >= 11 is 0. The van der Waals surface area contributed by atoms with Gasteiger partial charge in [-0.3, -0.25) is 9.80 Å². The number of carboxylic acids is 2. The number of amides is 2. The zero-order valence-corrected chi connectivity index (χ0v) is 30.6. The van der Waals surface area contributed by atoms with E-state index in [1.54, 1.807) is 0 Å². The first kappa shape index (κ1) is 36.7. The first-order valence-electron chi connectivity index (χ1n) is 18.8. The van der Waals surface area contributed by atoms with Crippen LogP contribution in [-0.4, -0.2) is 82.5 Å². The Bertz CT molecular complexity index is 1810. The maximum Gasteiger partial charge on any atom is 0.410 e. The van der Waals surface area contributed by atoms with Crippen LogP contribution in [0.2, 0.25) is 0 Å². The Kier molecular flexibility index (Phi) is 10.7. The van der Waals surface area contributed by atoms with Gasteiger partial charge in [-0.2, -0.15) is 0 Å². The van der Waals surface area contributed by atoms with Gasteiger partial charge in [-0.15, -0.1) is 0 Å². The summed E-state index contributed by atoms with van der Waals surface area (Å²) in [6.07, 6.45) is 1.50. The summed E-state index contributed by atoms with van der Waals surface area (Å²) in [7, 11) is 0. The topological polar surface area (TPSA) is 134 Å². The van der Waals surface area contributed by atoms with Gasteiger partial charge < -0.3 is 19.7 Å². The molecule has 0 bridgehead atoms. The van der Waals surface area contributed by atoms with Gasteiger partial charge >= 0.3 is 24.1 Å². The molecule has 8 rings (SSSR count). The average molecular weight is 731 g/mol. The van der Waals surface area contributed by atoms with Crippen LogP contribution in [0.4, 0.5) is 9.59 Å². The van der Waals surface area contributed by atoms with Crippen LogP contribution < -0.4 is 0 Å². The molecule has 4 aromatic rings. The van der Waals surface area contributed by atoms with E-state index in [2.05, 4.69) is 48.5 Å². The van der Waals surface area contributed by atoms with Crippen molar-refractivity contribution in [2.24, 2.45) is 11.8 Å². The first-order chi connectivity index (χ1) is 26.1. The molecule has 2 N–H and O–H groups in total. The monoisotopic (exact) mass is 730 g/mol. The predicted molar refractivity (Wildman–Crippen MR) is 203 cm³/mol. The molecule has 10 nitrogen and oxygen atoms in total. The van der Waals surface area contributed by atoms with E-state index in [0.717, 1.165) is 35.1 Å². The Hall–Kier alpha value is -5.64. The van der Waals surface area contributed by atoms with Crippen LogP contribution in [0.15, 0.2) is 97.1 Å². The lowest BCUT2D eigenvalue weighted by Crippen LogP contribution is -2.50. The lowest BCUT2D eigenvalue weighted by atomic mass is 9.94. The normalized spacial score (nSPS) is 21.4. The van der Waals surface area contributed by atoms with Crippen molar-refractivity contribution in [1.29, 1.82) is 0 Å². The van der Waals surface area contributed by atoms with Gasteiger partial charge in [-0.05, 0) is 82.0 Å². The van der Waals surface area contributed by atoms with Crippen LogP contribution in [-0.2, 0) is 19.1 Å². The molecule has 2 heterocycles. The van der Waals surface area contributed by atoms with Gasteiger partial charge in [-0.1, -0.05) is 111 Å². The van der Waals surface area contributed by atoms with E-state index in [4.69, 9.17) is 9.47 Å². The number of fused-ring (bicyclic) bond motifs is 6. The van der Waals surface area contributed by atoms with Crippen molar-refractivity contribution in [2.75, 3.05) is 26.3 Å². The summed E-state index contributed by atoms with van der Waals surface area (Å²) in [5, 5.41) is 18.9. The fraction of sp³-hybridized carbons (Fsp3) is 0.364. The van der Waals surface area contributed by atoms with Crippen LogP contribution >= 0.6 is 0 Å². The second-order valence-corrected chi connectivity index (χ2v) is 15.0. The lowest BCUT2D eigenvalue weighted by Gasteiger charge is -2.35. The van der Waals surface area contributed by atoms with Crippen LogP contribution in [0, 0.1) is 11.8 Å². The van der Waals surface area contributed by atoms with Crippen molar-refractivity contribution < 1.29 is 38.9 Å². The number of rotatable bonds is 6. The lowest BCUT2D eigenvalue weighted by molar-refractivity contribution is -0.145. The van der Waals surface area contributed by atoms with Crippen LogP contribution in [0.1, 0.15) is 73.6 Å². The molecule has 2 saturated heterocycles. The quantitative estimate of drug-likeness (QED) is 0.203. The molecule has 4 aromatic carbocycles. The molecule has 4 atom stereocenters. The highest BCUT2D eigenvalue weighted by molar-refractivity contribution is 5.83. The highest BCUT2D eigenvalue weighted by Crippen LogP contribution is 2.46. The molecule has 280 valence electrons. The minimum absolute atomic E-state index is 0.0214. The molecule has 0 saturated carbocycles. The molecule has 0 spiro atoms. The molecule has 2 amide bonds. The van der Waals surface area contributed by atoms with Crippen molar-refractivity contribution in [2.45, 2.75) is 63.5 Å². The molecule has 54 heavy (non-hydrogen) atoms. The van der Waals surface area contributed by atoms with Crippen molar-refractivity contribution in [3.63, 3.8) is 0 Å². The molecular formula is C44H46N2O8. The molecular weight excluding hydrogens is 684 g/mol. The van der Waals surface area contributed by atoms with E-state index in [-0.39, 0.29) is 36.9 Å². The number of hydrogen-bond acceptors (Lipinski definition) is 6. The Morgan fingerprint density at radius 2 is 0.815 bits per heavy atom. The van der Waals surface area contributed by atoms with Gasteiger partial charge in [0.2, 0.25) is 0 Å². The smallest absolute Gasteiger partial charge is 0.410 e. The number of likely N-dealkylation sites (tertiary alicyclic amines) is 2. The van der Waals surface area contributed by atoms with Crippen LogP contribution in [0.5, 0.6) is 0 Å². The minimum atomic E-state index is -0.963. The fourth-order valence-electron chi connectivity index (χ4n) is 8.58. The number of hydrogen-bond donors (Lipinski definition) is 2. The van der Waals surface area contributed by atoms with Gasteiger partial charge in [-0.25, -0.2) is 19.2 Å². The number of piperidine rings is 2. The highest BCUT2D eigenvalue weighted by atomic mass is 16.6. The van der Waals surface area contributed by atoms with E-state index < -0.39 is 36.2 Å². The van der Waals surface area contributed by atoms with Crippen LogP contribution in [0.3, 0.4) is 0 Å². The predicted octanol–water partition coefficient (Wildman–Crippen LogP) is 8.24. The number of carbonyl (C=O) groups is 4. The molecule has 0 unspecified atom stereocenters. The Labute approximate surface area is 315 Å². The van der Waals surface area contributed by atoms with Crippen molar-refractivity contribution >= 4 is 24.1 Å². The molecule has 2 aliphatic carbocycles. The maximum atomic E-state index is 12.7. The number of aliphatic carboxylic acids is 2. The Morgan fingerprint density at radius 3 is 1.11 bits per heavy atom. The number of nitrogens with zero attached hydrogens (tertiary/aromatic N) is 2. The van der Waals surface area contributed by atoms with E-state index in [9.17, 15) is 29.4 Å². The zero-order chi connectivity index (χ0) is 37.9. The Morgan fingerprint density at radius 1 is 0.519 bits per heavy atom. The fourth-order valence-corrected chi connectivity index (χ4v) is 8.58. The van der Waals surface area contributed by atoms with Crippen molar-refractivity contribution in [1.82, 2.24) is 9.80 Å². The Balaban J connectivity index is 0.000000167. The summed E-state index contributed by atoms with van der Waals surface area (Å²) in [4.78, 5) is 51.1. The third-order valence-corrected chi connectivity index (χ3v) is 11.3. The molecule has 2 aliphatic heterocycles. The third kappa shape index (κ3) is 7.29. The standard InChI is InChI=1S/2C22H23NO4/c2*1-14-10-11-20(21(24)25)23(12-14)22(26)27-13-19-17-8-4-2-6-15(17)16-7-3-5-9-18(16)19/h2*2-9,14,19-20H,10-13H2,1H3,(H,24,25)/t2*14-,20-/m10/s1. The van der Waals surface area contributed by atoms with Gasteiger partial charge in [0.15, 0.2) is 0 Å². The average Bonchev–Trinajstić information content (AvgIpc) is 3.68. The van der Waals surface area contributed by atoms with Crippen LogP contribution in [0.25, 0.3) is 22.3 Å². The molecule has 2 fully saturated rings. The summed E-state index contributed by atoms with van der Waals surface area (Å²) in [6.45, 7) is 5.33. The van der Waals surface area contributed by atoms with E-state index in [1.165, 1.54) is 32.1 Å². The number of carboxylic acid groups (broad SMARTS) is 2. The van der Waals surface area contributed by atoms with Gasteiger partial charge in [0.25, 0.3) is 0 Å². The number of carbonyl (C=O) groups excluding carboxylic acids is 2. The van der Waals surface area contributed by atoms with Crippen molar-refractivity contribution in [3.8, 4) is 22.3 Å². The van der Waals surface area contributed by atoms with E-state index >= 15 is 0 Å². The zero-order valence-electron chi connectivity index (χ0n) is 30.6. The van der Waals surface area contributed by atoms with Gasteiger partial charge in [0.05, 0.1) is 0 Å². The van der Waals surface area contributed by atoms with Gasteiger partial charge in [0, 0.05) is 24.9 Å². The minimum Gasteiger partial charge on any atom is -0.480 e. The number of benzene rings is 4. The van der Waals surface area contributed by atoms with E-state index in [1.807, 2.05) is 62.4 Å². The molecule has 10 heteroatoms. The summed E-state index contributed by atoms with van der Waals surface area (Å²) < 4.78 is 11.3. The van der Waals surface area contributed by atoms with E-state index in [0.29, 0.717) is 25.9 Å². The molecule has 0 aromatic heterocycles. The maximum absolute atomic E-state index is 12.7. The summed E-state index contributed by atoms with van der Waals surface area (Å²) in [5.74, 6) is -1.41. The SMILES string of the molecule is C[C@@H]1CC[C@H](C(=O)O)N(C(=O)OCC2c3ccccc3-c3ccccc32)C1.C[C@H]1CC[C@@H](C(=O)O)N(C(=O)OCC2c3ccccc3-c3ccccc32)C1.